The third kappa shape index (κ3) is 17.0. The van der Waals surface area contributed by atoms with E-state index >= 15 is 0 Å². The summed E-state index contributed by atoms with van der Waals surface area (Å²) in [5.74, 6) is 0. The van der Waals surface area contributed by atoms with E-state index in [9.17, 15) is 0 Å². The number of aromatic nitrogens is 2. The molecule has 0 saturated heterocycles. The van der Waals surface area contributed by atoms with Crippen LogP contribution in [-0.2, 0) is 17.8 Å². The van der Waals surface area contributed by atoms with Gasteiger partial charge in [-0.05, 0) is 97.6 Å². The molecule has 4 N–H and O–H groups in total. The normalized spacial score (nSPS) is 14.5. The summed E-state index contributed by atoms with van der Waals surface area (Å²) in [6.07, 6.45) is 2.10. The van der Waals surface area contributed by atoms with Crippen LogP contribution >= 0.6 is 122 Å². The number of rotatable bonds is 2. The molecule has 2 aromatic heterocycles. The van der Waals surface area contributed by atoms with Gasteiger partial charge in [0.1, 0.15) is 0 Å². The molecule has 0 saturated carbocycles. The Hall–Kier alpha value is 0.374. The number of benzene rings is 4. The Labute approximate surface area is 431 Å². The second-order valence-corrected chi connectivity index (χ2v) is 64.7. The molecule has 8 rings (SSSR count). The van der Waals surface area contributed by atoms with Crippen LogP contribution < -0.4 is 23.9 Å². The van der Waals surface area contributed by atoms with Crippen molar-refractivity contribution in [2.45, 2.75) is 66.5 Å². The monoisotopic (exact) mass is 1540 g/mol. The van der Waals surface area contributed by atoms with E-state index in [-0.39, 0.29) is 17.0 Å². The zero-order chi connectivity index (χ0) is 43.9. The zero-order valence-electron chi connectivity index (χ0n) is 34.6. The average Bonchev–Trinajstić information content (AvgIpc) is 3.83. The molecule has 6 nitrogen and oxygen atoms in total. The summed E-state index contributed by atoms with van der Waals surface area (Å²) >= 11 is 22.4. The number of aromatic amines is 2. The third-order valence-corrected chi connectivity index (χ3v) is 9.82. The number of aryl methyl sites for hydroxylation is 2. The van der Waals surface area contributed by atoms with Gasteiger partial charge in [0.25, 0.3) is 0 Å². The topological polar surface area (TPSA) is 71.2 Å². The van der Waals surface area contributed by atoms with E-state index in [1.807, 2.05) is 34.7 Å². The van der Waals surface area contributed by atoms with Gasteiger partial charge in [0.2, 0.25) is 0 Å². The summed E-state index contributed by atoms with van der Waals surface area (Å²) < 4.78 is 0. The second-order valence-electron chi connectivity index (χ2n) is 12.6. The van der Waals surface area contributed by atoms with Crippen LogP contribution in [0.4, 0.5) is 0 Å². The molecule has 320 valence electrons. The van der Waals surface area contributed by atoms with E-state index in [0.29, 0.717) is 13.3 Å². The van der Waals surface area contributed by atoms with Crippen molar-refractivity contribution in [2.24, 2.45) is 4.99 Å². The molecule has 6 aromatic rings. The molecule has 4 aromatic carbocycles. The molecule has 0 aliphatic carbocycles. The predicted octanol–water partition coefficient (Wildman–Crippen LogP) is 11.8. The zero-order valence-corrected chi connectivity index (χ0v) is 50.6. The number of fused-ring (bicyclic) bond motifs is 6. The van der Waals surface area contributed by atoms with Gasteiger partial charge in [0.05, 0.1) is 17.2 Å². The number of thiocarbonyl (C=S) groups is 2. The molecular formula is C44H54I6N6S2V-. The van der Waals surface area contributed by atoms with Crippen molar-refractivity contribution >= 4 is 154 Å². The SMILES string of the molecule is CC.CC.CN=C=S.CNC(=S)N1CCc2c([nH]c3ccc(C)cc23)C1c1ccccc1.Cc1ccc2[nH]c3c(c2c1)CCNC3c1ccccc1.I[I-]I.[I][V]([I])[I]. The standard InChI is InChI=1S/C20H21N3S.C18H18N2.C2H3NS.2C2H6.I3.3HI.V/c1-13-8-9-17-16(12-13)15-10-11-23(20(24)21-2)19(18(15)22-17)14-6-4-3-5-7-14;1-12-7-8-16-15(11-12)14-9-10-19-17(18(14)20-16)13-5-3-2-4-6-13;1-3-2-4;2*1-2;1-3-2;;;;/h3-9,12,19,22H,10-11H2,1-2H3,(H,21,24);2-8,11,17,19-20H,9-10H2,1H3;1H3;2*1-2H3;;3*1H;/q;;;;;-1;;;;+3/p-3. The Morgan fingerprint density at radius 2 is 1.22 bits per heavy atom. The number of nitrogens with zero attached hydrogens (tertiary/aromatic N) is 2. The summed E-state index contributed by atoms with van der Waals surface area (Å²) in [6, 6.07) is 35.0. The number of hydrogen-bond acceptors (Lipinski definition) is 4. The summed E-state index contributed by atoms with van der Waals surface area (Å²) in [6.45, 7) is 14.3. The Kier molecular flexibility index (Phi) is 29.4. The first-order valence-corrected chi connectivity index (χ1v) is 46.1. The van der Waals surface area contributed by atoms with Gasteiger partial charge in [-0.25, -0.2) is 4.99 Å². The van der Waals surface area contributed by atoms with Crippen molar-refractivity contribution < 1.29 is 18.2 Å². The van der Waals surface area contributed by atoms with Gasteiger partial charge in [0, 0.05) is 60.4 Å². The first-order valence-electron chi connectivity index (χ1n) is 19.2. The van der Waals surface area contributed by atoms with Gasteiger partial charge in [-0.2, -0.15) is 0 Å². The van der Waals surface area contributed by atoms with Crippen LogP contribution in [0.2, 0.25) is 0 Å². The molecule has 59 heavy (non-hydrogen) atoms. The molecule has 0 amide bonds. The summed E-state index contributed by atoms with van der Waals surface area (Å²) in [4.78, 5) is 12.6. The van der Waals surface area contributed by atoms with Crippen LogP contribution in [0.5, 0.6) is 0 Å². The molecule has 0 bridgehead atoms. The fraction of sp³-hybridized carbons (Fsp3) is 0.318. The minimum absolute atomic E-state index is 0.127. The third-order valence-electron chi connectivity index (χ3n) is 9.20. The van der Waals surface area contributed by atoms with E-state index in [2.05, 4.69) is 256 Å². The van der Waals surface area contributed by atoms with Crippen LogP contribution in [0, 0.1) is 13.8 Å². The minimum atomic E-state index is -0.278. The Morgan fingerprint density at radius 1 is 0.780 bits per heavy atom. The van der Waals surface area contributed by atoms with Crippen LogP contribution in [0.25, 0.3) is 21.8 Å². The fourth-order valence-corrected chi connectivity index (χ4v) is 7.22. The number of nitrogens with one attached hydrogen (secondary N) is 4. The van der Waals surface area contributed by atoms with Crippen molar-refractivity contribution in [1.29, 1.82) is 0 Å². The molecule has 2 atom stereocenters. The molecule has 2 unspecified atom stereocenters. The van der Waals surface area contributed by atoms with Crippen molar-refractivity contribution in [3.63, 3.8) is 0 Å². The predicted molar refractivity (Wildman–Crippen MR) is 300 cm³/mol. The maximum absolute atomic E-state index is 5.58. The van der Waals surface area contributed by atoms with E-state index in [1.54, 1.807) is 7.05 Å². The number of hydrogen-bond donors (Lipinski definition) is 4. The van der Waals surface area contributed by atoms with E-state index in [0.717, 1.165) is 31.0 Å². The van der Waals surface area contributed by atoms with Gasteiger partial charge in [-0.3, -0.25) is 0 Å². The summed E-state index contributed by atoms with van der Waals surface area (Å²) in [5, 5.41) is 12.5. The maximum atomic E-state index is 5.58. The van der Waals surface area contributed by atoms with Gasteiger partial charge < -0.3 is 25.5 Å². The Morgan fingerprint density at radius 3 is 1.68 bits per heavy atom. The first-order chi connectivity index (χ1) is 28.6. The summed E-state index contributed by atoms with van der Waals surface area (Å²) in [7, 11) is 3.49. The molecule has 15 heteroatoms. The molecule has 0 fully saturated rings. The average molecular weight is 1540 g/mol. The van der Waals surface area contributed by atoms with Crippen molar-refractivity contribution in [3.8, 4) is 0 Å². The van der Waals surface area contributed by atoms with Gasteiger partial charge >= 0.3 is 115 Å². The van der Waals surface area contributed by atoms with Crippen molar-refractivity contribution in [2.75, 3.05) is 27.2 Å². The van der Waals surface area contributed by atoms with Gasteiger partial charge in [0.15, 0.2) is 5.11 Å². The number of H-pyrrole nitrogens is 2. The van der Waals surface area contributed by atoms with Crippen molar-refractivity contribution in [1.82, 2.24) is 25.5 Å². The Bertz CT molecular complexity index is 2180. The van der Waals surface area contributed by atoms with E-state index in [4.69, 9.17) is 12.2 Å². The van der Waals surface area contributed by atoms with Gasteiger partial charge in [-0.15, -0.1) is 0 Å². The number of aliphatic imine (C=N–C) groups is 1. The Balaban J connectivity index is 0.000000308. The van der Waals surface area contributed by atoms with Gasteiger partial charge in [-0.1, -0.05) is 112 Å². The molecule has 2 aliphatic rings. The first kappa shape index (κ1) is 55.5. The van der Waals surface area contributed by atoms with Crippen LogP contribution in [0.15, 0.2) is 102 Å². The van der Waals surface area contributed by atoms with Crippen LogP contribution in [0.3, 0.4) is 0 Å². The molecular weight excluding hydrogens is 1490 g/mol. The van der Waals surface area contributed by atoms with Crippen LogP contribution in [0.1, 0.15) is 84.5 Å². The molecule has 0 spiro atoms. The molecule has 0 radical (unpaired) electrons. The quantitative estimate of drug-likeness (QED) is 0.0790. The van der Waals surface area contributed by atoms with E-state index in [1.165, 1.54) is 66.6 Å². The summed E-state index contributed by atoms with van der Waals surface area (Å²) in [5.41, 5.74) is 13.2. The molecule has 2 aliphatic heterocycles. The van der Waals surface area contributed by atoms with Crippen LogP contribution in [-0.4, -0.2) is 52.3 Å². The number of isothiocyanates is 1. The van der Waals surface area contributed by atoms with Crippen molar-refractivity contribution in [3.05, 3.63) is 142 Å². The second kappa shape index (κ2) is 31.3. The number of halogens is 6. The fourth-order valence-electron chi connectivity index (χ4n) is 7.02. The molecule has 4 heterocycles. The van der Waals surface area contributed by atoms with E-state index < -0.39 is 0 Å².